The molecule has 0 heterocycles. The summed E-state index contributed by atoms with van der Waals surface area (Å²) in [5, 5.41) is 18.3. The third kappa shape index (κ3) is 38.5. The van der Waals surface area contributed by atoms with Gasteiger partial charge in [0.05, 0.1) is 19.8 Å². The fourth-order valence-corrected chi connectivity index (χ4v) is 6.54. The molecule has 0 amide bonds. The van der Waals surface area contributed by atoms with Gasteiger partial charge in [-0.05, 0) is 64.2 Å². The Morgan fingerprint density at radius 1 is 0.547 bits per heavy atom. The molecular weight excluding hydrogens is 695 g/mol. The number of phosphoric ester groups is 1. The van der Waals surface area contributed by atoms with Crippen LogP contribution in [0.5, 0.6) is 0 Å². The summed E-state index contributed by atoms with van der Waals surface area (Å²) in [5.74, 6) is -0.972. The van der Waals surface area contributed by atoms with E-state index in [1.165, 1.54) is 116 Å². The Morgan fingerprint density at radius 2 is 0.925 bits per heavy atom. The largest absolute Gasteiger partial charge is 0.472 e. The Morgan fingerprint density at radius 3 is 1.36 bits per heavy atom. The summed E-state index contributed by atoms with van der Waals surface area (Å²) < 4.78 is 32.6. The van der Waals surface area contributed by atoms with Crippen molar-refractivity contribution >= 4 is 19.8 Å². The highest BCUT2D eigenvalue weighted by atomic mass is 31.2. The zero-order valence-corrected chi connectivity index (χ0v) is 34.6. The van der Waals surface area contributed by atoms with Gasteiger partial charge in [0.25, 0.3) is 0 Å². The molecule has 0 fully saturated rings. The van der Waals surface area contributed by atoms with Gasteiger partial charge in [0.2, 0.25) is 0 Å². The third-order valence-corrected chi connectivity index (χ3v) is 10.0. The van der Waals surface area contributed by atoms with Gasteiger partial charge in [-0.2, -0.15) is 0 Å². The van der Waals surface area contributed by atoms with E-state index in [0.29, 0.717) is 12.8 Å². The minimum atomic E-state index is -4.62. The van der Waals surface area contributed by atoms with Crippen LogP contribution in [-0.2, 0) is 32.7 Å². The minimum absolute atomic E-state index is 0.152. The van der Waals surface area contributed by atoms with Crippen molar-refractivity contribution in [3.05, 3.63) is 24.3 Å². The Balaban J connectivity index is 4.36. The minimum Gasteiger partial charge on any atom is -0.462 e. The maximum atomic E-state index is 12.6. The molecule has 3 atom stereocenters. The smallest absolute Gasteiger partial charge is 0.462 e. The molecule has 0 aromatic rings. The second-order valence-corrected chi connectivity index (χ2v) is 15.8. The number of hydrogen-bond acceptors (Lipinski definition) is 9. The second-order valence-electron chi connectivity index (χ2n) is 14.4. The van der Waals surface area contributed by atoms with Gasteiger partial charge in [-0.25, -0.2) is 4.57 Å². The number of hydrogen-bond donors (Lipinski definition) is 3. The highest BCUT2D eigenvalue weighted by Gasteiger charge is 2.27. The number of carbonyl (C=O) groups is 2. The first-order chi connectivity index (χ1) is 25.7. The molecule has 3 unspecified atom stereocenters. The van der Waals surface area contributed by atoms with Crippen molar-refractivity contribution in [1.82, 2.24) is 0 Å². The van der Waals surface area contributed by atoms with Crippen LogP contribution < -0.4 is 0 Å². The fraction of sp³-hybridized carbons (Fsp3) is 0.857. The van der Waals surface area contributed by atoms with Crippen LogP contribution in [0.3, 0.4) is 0 Å². The normalized spacial score (nSPS) is 14.1. The van der Waals surface area contributed by atoms with Gasteiger partial charge in [0, 0.05) is 12.8 Å². The lowest BCUT2D eigenvalue weighted by Gasteiger charge is -2.20. The summed E-state index contributed by atoms with van der Waals surface area (Å²) in [6.45, 7) is 2.34. The van der Waals surface area contributed by atoms with Crippen LogP contribution in [0, 0.1) is 0 Å². The Labute approximate surface area is 323 Å². The molecule has 0 bridgehead atoms. The zero-order chi connectivity index (χ0) is 39.1. The first-order valence-corrected chi connectivity index (χ1v) is 22.8. The van der Waals surface area contributed by atoms with Crippen molar-refractivity contribution in [3.63, 3.8) is 0 Å². The highest BCUT2D eigenvalue weighted by molar-refractivity contribution is 7.47. The first-order valence-electron chi connectivity index (χ1n) is 21.3. The molecule has 10 nitrogen and oxygen atoms in total. The second kappa shape index (κ2) is 38.7. The van der Waals surface area contributed by atoms with Crippen LogP contribution in [0.1, 0.15) is 194 Å². The lowest BCUT2D eigenvalue weighted by atomic mass is 10.1. The van der Waals surface area contributed by atoms with E-state index in [9.17, 15) is 24.2 Å². The molecule has 0 aliphatic carbocycles. The summed E-state index contributed by atoms with van der Waals surface area (Å²) >= 11 is 0. The molecule has 0 rings (SSSR count). The molecule has 0 aromatic carbocycles. The molecule has 0 aromatic heterocycles. The number of aliphatic hydroxyl groups excluding tert-OH is 2. The standard InChI is InChI=1S/C42H79O10P/c1-3-5-7-9-11-13-15-17-19-21-23-25-27-29-31-33-41(45)49-37-40(38-51-53(47,48)50-36-39(44)35-43)52-42(46)34-32-30-28-26-24-22-20-18-16-14-12-10-8-6-4-2/h23-26,39-40,43-44H,3-22,27-38H2,1-2H3,(H,47,48)/b25-23-,26-24-. The van der Waals surface area contributed by atoms with E-state index >= 15 is 0 Å². The maximum Gasteiger partial charge on any atom is 0.472 e. The SMILES string of the molecule is CCCCCCCCCCC/C=C\CCCCC(=O)OCC(COP(=O)(O)OCC(O)CO)OC(=O)CCCC/C=C\CCCCCCCCCCC. The molecule has 11 heteroatoms. The summed E-state index contributed by atoms with van der Waals surface area (Å²) in [7, 11) is -4.62. The van der Waals surface area contributed by atoms with Crippen LogP contribution in [-0.4, -0.2) is 65.7 Å². The molecule has 0 aliphatic rings. The Kier molecular flexibility index (Phi) is 37.6. The molecule has 0 aliphatic heterocycles. The van der Waals surface area contributed by atoms with E-state index in [4.69, 9.17) is 19.1 Å². The average Bonchev–Trinajstić information content (AvgIpc) is 3.14. The maximum absolute atomic E-state index is 12.6. The number of unbranched alkanes of at least 4 members (excludes halogenated alkanes) is 22. The fourth-order valence-electron chi connectivity index (χ4n) is 5.75. The van der Waals surface area contributed by atoms with Crippen molar-refractivity contribution in [2.24, 2.45) is 0 Å². The van der Waals surface area contributed by atoms with Crippen molar-refractivity contribution in [2.45, 2.75) is 206 Å². The van der Waals surface area contributed by atoms with Crippen LogP contribution in [0.2, 0.25) is 0 Å². The average molecular weight is 775 g/mol. The van der Waals surface area contributed by atoms with E-state index < -0.39 is 51.8 Å². The molecule has 0 saturated carbocycles. The summed E-state index contributed by atoms with van der Waals surface area (Å²) in [5.41, 5.74) is 0. The van der Waals surface area contributed by atoms with Gasteiger partial charge in [-0.15, -0.1) is 0 Å². The number of aliphatic hydroxyl groups is 2. The lowest BCUT2D eigenvalue weighted by molar-refractivity contribution is -0.161. The quantitative estimate of drug-likeness (QED) is 0.0238. The number of esters is 2. The van der Waals surface area contributed by atoms with Crippen molar-refractivity contribution < 1.29 is 47.8 Å². The van der Waals surface area contributed by atoms with E-state index in [0.717, 1.165) is 38.5 Å². The predicted octanol–water partition coefficient (Wildman–Crippen LogP) is 11.0. The van der Waals surface area contributed by atoms with Crippen LogP contribution in [0.4, 0.5) is 0 Å². The molecule has 0 radical (unpaired) electrons. The zero-order valence-electron chi connectivity index (χ0n) is 33.7. The monoisotopic (exact) mass is 775 g/mol. The van der Waals surface area contributed by atoms with Gasteiger partial charge < -0.3 is 24.6 Å². The molecule has 0 spiro atoms. The summed E-state index contributed by atoms with van der Waals surface area (Å²) in [6.07, 6.45) is 37.2. The molecule has 312 valence electrons. The summed E-state index contributed by atoms with van der Waals surface area (Å²) in [6, 6.07) is 0. The van der Waals surface area contributed by atoms with Crippen LogP contribution >= 0.6 is 7.82 Å². The van der Waals surface area contributed by atoms with E-state index in [1.807, 2.05) is 0 Å². The number of ether oxygens (including phenoxy) is 2. The first kappa shape index (κ1) is 51.5. The number of rotatable bonds is 40. The Bertz CT molecular complexity index is 941. The van der Waals surface area contributed by atoms with Crippen LogP contribution in [0.25, 0.3) is 0 Å². The molecule has 0 saturated heterocycles. The van der Waals surface area contributed by atoms with E-state index in [1.54, 1.807) is 0 Å². The third-order valence-electron chi connectivity index (χ3n) is 9.08. The van der Waals surface area contributed by atoms with Gasteiger partial charge in [0.1, 0.15) is 12.7 Å². The van der Waals surface area contributed by atoms with E-state index in [-0.39, 0.29) is 19.4 Å². The van der Waals surface area contributed by atoms with Crippen molar-refractivity contribution in [2.75, 3.05) is 26.4 Å². The van der Waals surface area contributed by atoms with Crippen molar-refractivity contribution in [3.8, 4) is 0 Å². The van der Waals surface area contributed by atoms with Gasteiger partial charge in [0.15, 0.2) is 6.10 Å². The topological polar surface area (TPSA) is 149 Å². The highest BCUT2D eigenvalue weighted by Crippen LogP contribution is 2.43. The van der Waals surface area contributed by atoms with Crippen LogP contribution in [0.15, 0.2) is 24.3 Å². The van der Waals surface area contributed by atoms with Gasteiger partial charge in [-0.1, -0.05) is 141 Å². The van der Waals surface area contributed by atoms with Crippen molar-refractivity contribution in [1.29, 1.82) is 0 Å². The molecular formula is C42H79O10P. The predicted molar refractivity (Wildman–Crippen MR) is 215 cm³/mol. The van der Waals surface area contributed by atoms with Gasteiger partial charge >= 0.3 is 19.8 Å². The summed E-state index contributed by atoms with van der Waals surface area (Å²) in [4.78, 5) is 34.9. The lowest BCUT2D eigenvalue weighted by Crippen LogP contribution is -2.29. The number of allylic oxidation sites excluding steroid dienone is 4. The number of phosphoric acid groups is 1. The van der Waals surface area contributed by atoms with E-state index in [2.05, 4.69) is 42.7 Å². The molecule has 53 heavy (non-hydrogen) atoms. The van der Waals surface area contributed by atoms with Gasteiger partial charge in [-0.3, -0.25) is 18.6 Å². The number of carbonyl (C=O) groups excluding carboxylic acids is 2. The molecule has 3 N–H and O–H groups in total. The Hall–Kier alpha value is -1.55.